The third-order valence-electron chi connectivity index (χ3n) is 5.04. The highest BCUT2D eigenvalue weighted by Crippen LogP contribution is 2.31. The number of rotatable bonds is 8. The van der Waals surface area contributed by atoms with Crippen molar-refractivity contribution in [3.05, 3.63) is 35.7 Å². The predicted octanol–water partition coefficient (Wildman–Crippen LogP) is 2.91. The van der Waals surface area contributed by atoms with Crippen LogP contribution in [0.4, 0.5) is 9.18 Å². The summed E-state index contributed by atoms with van der Waals surface area (Å²) in [5.74, 6) is -0.476. The molecular weight excluding hydrogens is 361 g/mol. The van der Waals surface area contributed by atoms with Crippen molar-refractivity contribution in [1.82, 2.24) is 15.1 Å². The summed E-state index contributed by atoms with van der Waals surface area (Å²) >= 11 is 0. The minimum absolute atomic E-state index is 0.0531. The third-order valence-corrected chi connectivity index (χ3v) is 5.04. The Labute approximate surface area is 166 Å². The molecule has 2 aliphatic rings. The van der Waals surface area contributed by atoms with Crippen molar-refractivity contribution in [2.75, 3.05) is 26.2 Å². The molecule has 0 aromatic rings. The van der Waals surface area contributed by atoms with Crippen molar-refractivity contribution < 1.29 is 19.1 Å². The van der Waals surface area contributed by atoms with Crippen molar-refractivity contribution in [3.8, 4) is 0 Å². The molecule has 0 unspecified atom stereocenters. The number of halogens is 1. The quantitative estimate of drug-likeness (QED) is 0.623. The van der Waals surface area contributed by atoms with Crippen molar-refractivity contribution >= 4 is 11.9 Å². The summed E-state index contributed by atoms with van der Waals surface area (Å²) in [5, 5.41) is 11.8. The minimum Gasteiger partial charge on any atom is -0.396 e. The Morgan fingerprint density at radius 2 is 2.00 bits per heavy atom. The summed E-state index contributed by atoms with van der Waals surface area (Å²) in [7, 11) is 0. The second-order valence-corrected chi connectivity index (χ2v) is 7.71. The fourth-order valence-electron chi connectivity index (χ4n) is 3.51. The minimum atomic E-state index is -0.397. The van der Waals surface area contributed by atoms with Crippen LogP contribution in [0.2, 0.25) is 0 Å². The van der Waals surface area contributed by atoms with E-state index >= 15 is 0 Å². The van der Waals surface area contributed by atoms with E-state index in [0.717, 1.165) is 31.3 Å². The molecule has 28 heavy (non-hydrogen) atoms. The number of urea groups is 1. The van der Waals surface area contributed by atoms with Gasteiger partial charge in [-0.2, -0.15) is 0 Å². The zero-order valence-electron chi connectivity index (χ0n) is 16.9. The first-order valence-corrected chi connectivity index (χ1v) is 9.98. The Morgan fingerprint density at radius 3 is 2.57 bits per heavy atom. The van der Waals surface area contributed by atoms with Crippen molar-refractivity contribution in [2.45, 2.75) is 58.0 Å². The van der Waals surface area contributed by atoms with Crippen LogP contribution in [0.3, 0.4) is 0 Å². The monoisotopic (exact) mass is 393 g/mol. The molecule has 1 heterocycles. The van der Waals surface area contributed by atoms with E-state index in [1.807, 2.05) is 4.90 Å². The number of carbonyl (C=O) groups excluding carboxylic acids is 2. The van der Waals surface area contributed by atoms with E-state index in [1.54, 1.807) is 18.7 Å². The fraction of sp³-hybridized carbons (Fsp3) is 0.619. The average molecular weight is 394 g/mol. The molecule has 156 valence electrons. The molecule has 3 amide bonds. The van der Waals surface area contributed by atoms with E-state index in [9.17, 15) is 14.0 Å². The molecule has 1 aliphatic heterocycles. The van der Waals surface area contributed by atoms with Gasteiger partial charge in [-0.25, -0.2) is 9.18 Å². The maximum atomic E-state index is 14.2. The molecular formula is C21H32FN3O3. The summed E-state index contributed by atoms with van der Waals surface area (Å²) in [6.07, 6.45) is 6.52. The summed E-state index contributed by atoms with van der Waals surface area (Å²) < 4.78 is 14.2. The molecule has 6 nitrogen and oxygen atoms in total. The highest BCUT2D eigenvalue weighted by atomic mass is 19.1. The number of likely N-dealkylation sites (tertiary alicyclic amines) is 1. The summed E-state index contributed by atoms with van der Waals surface area (Å²) in [6.45, 7) is 8.30. The van der Waals surface area contributed by atoms with Crippen LogP contribution in [0.25, 0.3) is 0 Å². The first-order chi connectivity index (χ1) is 13.4. The number of allylic oxidation sites excluding steroid dienone is 3. The lowest BCUT2D eigenvalue weighted by molar-refractivity contribution is -0.133. The van der Waals surface area contributed by atoms with Crippen LogP contribution in [-0.2, 0) is 4.79 Å². The maximum Gasteiger partial charge on any atom is 0.318 e. The van der Waals surface area contributed by atoms with Gasteiger partial charge < -0.3 is 20.2 Å². The smallest absolute Gasteiger partial charge is 0.318 e. The summed E-state index contributed by atoms with van der Waals surface area (Å²) in [4.78, 5) is 28.6. The highest BCUT2D eigenvalue weighted by molar-refractivity contribution is 5.77. The predicted molar refractivity (Wildman–Crippen MR) is 107 cm³/mol. The molecule has 1 saturated carbocycles. The standard InChI is InChI=1S/C21H32FN3O3/c1-4-16(19(22)12-15(2)3)13-23-21(28)25(17-7-8-17)18-6-5-10-24(14-18)20(27)9-11-26/h4,12,17-18,26H,1,5-11,13-14H2,2-3H3,(H,23,28)/b19-16-/t18-/m1/s1. The van der Waals surface area contributed by atoms with E-state index in [-0.39, 0.29) is 43.6 Å². The van der Waals surface area contributed by atoms with Crippen molar-refractivity contribution in [1.29, 1.82) is 0 Å². The number of hydrogen-bond acceptors (Lipinski definition) is 3. The third kappa shape index (κ3) is 6.19. The Bertz CT molecular complexity index is 651. The zero-order chi connectivity index (χ0) is 20.7. The van der Waals surface area contributed by atoms with Crippen LogP contribution in [0.5, 0.6) is 0 Å². The maximum absolute atomic E-state index is 14.2. The summed E-state index contributed by atoms with van der Waals surface area (Å²) in [5.41, 5.74) is 1.17. The first-order valence-electron chi connectivity index (χ1n) is 9.98. The van der Waals surface area contributed by atoms with E-state index in [4.69, 9.17) is 5.11 Å². The Balaban J connectivity index is 2.03. The number of nitrogens with one attached hydrogen (secondary N) is 1. The number of amides is 3. The number of aliphatic hydroxyl groups excluding tert-OH is 1. The Kier molecular flexibility index (Phi) is 8.23. The molecule has 1 aliphatic carbocycles. The number of nitrogens with zero attached hydrogens (tertiary/aromatic N) is 2. The van der Waals surface area contributed by atoms with Gasteiger partial charge in [0.1, 0.15) is 5.83 Å². The molecule has 0 bridgehead atoms. The molecule has 0 radical (unpaired) electrons. The molecule has 1 saturated heterocycles. The van der Waals surface area contributed by atoms with Gasteiger partial charge in [-0.1, -0.05) is 18.2 Å². The number of hydrogen-bond donors (Lipinski definition) is 2. The normalized spacial score (nSPS) is 20.1. The van der Waals surface area contributed by atoms with Gasteiger partial charge in [0.25, 0.3) is 0 Å². The average Bonchev–Trinajstić information content (AvgIpc) is 3.47. The van der Waals surface area contributed by atoms with Gasteiger partial charge >= 0.3 is 6.03 Å². The molecule has 0 aromatic carbocycles. The molecule has 0 spiro atoms. The lowest BCUT2D eigenvalue weighted by Gasteiger charge is -2.39. The van der Waals surface area contributed by atoms with Crippen LogP contribution in [0.15, 0.2) is 35.7 Å². The van der Waals surface area contributed by atoms with E-state index in [0.29, 0.717) is 18.7 Å². The van der Waals surface area contributed by atoms with Gasteiger partial charge in [0, 0.05) is 37.7 Å². The Hall–Kier alpha value is -2.15. The number of aliphatic hydroxyl groups is 1. The van der Waals surface area contributed by atoms with Crippen molar-refractivity contribution in [3.63, 3.8) is 0 Å². The van der Waals surface area contributed by atoms with Gasteiger partial charge in [0.2, 0.25) is 5.91 Å². The summed E-state index contributed by atoms with van der Waals surface area (Å²) in [6, 6.07) is -0.104. The zero-order valence-corrected chi connectivity index (χ0v) is 16.9. The van der Waals surface area contributed by atoms with Gasteiger partial charge in [-0.15, -0.1) is 0 Å². The lowest BCUT2D eigenvalue weighted by atomic mass is 10.0. The molecule has 2 rings (SSSR count). The Morgan fingerprint density at radius 1 is 1.29 bits per heavy atom. The van der Waals surface area contributed by atoms with Gasteiger partial charge in [0.05, 0.1) is 12.6 Å². The lowest BCUT2D eigenvalue weighted by Crippen LogP contribution is -2.55. The second-order valence-electron chi connectivity index (χ2n) is 7.71. The largest absolute Gasteiger partial charge is 0.396 e. The van der Waals surface area contributed by atoms with E-state index in [2.05, 4.69) is 11.9 Å². The SMILES string of the molecule is C=C/C(CNC(=O)N(C1CC1)[C@@H]1CCCN(C(=O)CCO)C1)=C(/F)C=C(C)C. The molecule has 2 fully saturated rings. The van der Waals surface area contributed by atoms with E-state index < -0.39 is 5.83 Å². The van der Waals surface area contributed by atoms with Gasteiger partial charge in [0.15, 0.2) is 0 Å². The first kappa shape index (κ1) is 22.1. The molecule has 7 heteroatoms. The second kappa shape index (κ2) is 10.4. The number of piperidine rings is 1. The molecule has 0 aromatic heterocycles. The van der Waals surface area contributed by atoms with Crippen LogP contribution in [-0.4, -0.2) is 65.2 Å². The topological polar surface area (TPSA) is 72.9 Å². The van der Waals surface area contributed by atoms with Gasteiger partial charge in [-0.3, -0.25) is 4.79 Å². The van der Waals surface area contributed by atoms with Crippen LogP contribution >= 0.6 is 0 Å². The van der Waals surface area contributed by atoms with Gasteiger partial charge in [-0.05, 0) is 45.6 Å². The number of carbonyl (C=O) groups is 2. The van der Waals surface area contributed by atoms with Crippen molar-refractivity contribution in [2.24, 2.45) is 0 Å². The van der Waals surface area contributed by atoms with Crippen LogP contribution < -0.4 is 5.32 Å². The van der Waals surface area contributed by atoms with Crippen LogP contribution in [0.1, 0.15) is 46.0 Å². The highest BCUT2D eigenvalue weighted by Gasteiger charge is 2.39. The molecule has 2 N–H and O–H groups in total. The van der Waals surface area contributed by atoms with E-state index in [1.165, 1.54) is 12.2 Å². The molecule has 1 atom stereocenters. The van der Waals surface area contributed by atoms with Crippen LogP contribution in [0, 0.1) is 0 Å². The fourth-order valence-corrected chi connectivity index (χ4v) is 3.51.